The maximum Gasteiger partial charge on any atom is 0.445 e. The van der Waals surface area contributed by atoms with Gasteiger partial charge in [-0.25, -0.2) is 0 Å². The number of halogens is 3. The van der Waals surface area contributed by atoms with Crippen molar-refractivity contribution < 1.29 is 13.2 Å². The highest BCUT2D eigenvalue weighted by Gasteiger charge is 2.37. The molecule has 1 aromatic carbocycles. The molecule has 0 radical (unpaired) electrons. The zero-order valence-corrected chi connectivity index (χ0v) is 13.7. The van der Waals surface area contributed by atoms with E-state index in [0.717, 1.165) is 24.1 Å². The summed E-state index contributed by atoms with van der Waals surface area (Å²) in [6.07, 6.45) is -2.61. The maximum atomic E-state index is 12.7. The van der Waals surface area contributed by atoms with Gasteiger partial charge >= 0.3 is 6.18 Å². The number of hydrogen-bond acceptors (Lipinski definition) is 5. The molecule has 1 unspecified atom stereocenters. The number of aromatic nitrogens is 2. The molecule has 0 amide bonds. The minimum atomic E-state index is -4.43. The highest BCUT2D eigenvalue weighted by atomic mass is 32.1. The van der Waals surface area contributed by atoms with Crippen LogP contribution >= 0.6 is 11.3 Å². The normalized spacial score (nSPS) is 18.5. The first-order valence-electron chi connectivity index (χ1n) is 7.31. The van der Waals surface area contributed by atoms with Crippen molar-refractivity contribution >= 4 is 22.2 Å². The molecule has 4 nitrogen and oxygen atoms in total. The van der Waals surface area contributed by atoms with Crippen LogP contribution in [0.3, 0.4) is 0 Å². The third-order valence-corrected chi connectivity index (χ3v) is 4.93. The van der Waals surface area contributed by atoms with E-state index in [1.165, 1.54) is 0 Å². The monoisotopic (exact) mass is 342 g/mol. The zero-order chi connectivity index (χ0) is 16.6. The van der Waals surface area contributed by atoms with E-state index in [1.54, 1.807) is 0 Å². The minimum absolute atomic E-state index is 0.0453. The predicted molar refractivity (Wildman–Crippen MR) is 85.0 cm³/mol. The fourth-order valence-electron chi connectivity index (χ4n) is 2.80. The van der Waals surface area contributed by atoms with Crippen molar-refractivity contribution in [2.75, 3.05) is 30.4 Å². The van der Waals surface area contributed by atoms with E-state index >= 15 is 0 Å². The van der Waals surface area contributed by atoms with Crippen LogP contribution in [0.15, 0.2) is 24.3 Å². The van der Waals surface area contributed by atoms with E-state index in [1.807, 2.05) is 42.1 Å². The molecule has 1 fully saturated rings. The van der Waals surface area contributed by atoms with Crippen molar-refractivity contribution in [3.63, 3.8) is 0 Å². The molecule has 1 aliphatic rings. The molecule has 124 valence electrons. The van der Waals surface area contributed by atoms with E-state index in [-0.39, 0.29) is 6.04 Å². The van der Waals surface area contributed by atoms with E-state index in [4.69, 9.17) is 0 Å². The minimum Gasteiger partial charge on any atom is -0.378 e. The SMILES string of the molecule is CN(C)c1cccc(C2CCCN2c2nnc(C(F)(F)F)s2)c1. The molecular weight excluding hydrogens is 325 g/mol. The molecule has 1 saturated heterocycles. The summed E-state index contributed by atoms with van der Waals surface area (Å²) in [5.41, 5.74) is 2.17. The Bertz CT molecular complexity index is 683. The average molecular weight is 342 g/mol. The molecule has 1 aromatic heterocycles. The topological polar surface area (TPSA) is 32.3 Å². The van der Waals surface area contributed by atoms with E-state index in [0.29, 0.717) is 23.0 Å². The Morgan fingerprint density at radius 3 is 2.70 bits per heavy atom. The Kier molecular flexibility index (Phi) is 4.18. The molecule has 2 aromatic rings. The van der Waals surface area contributed by atoms with Crippen LogP contribution in [0.5, 0.6) is 0 Å². The first-order chi connectivity index (χ1) is 10.9. The number of benzene rings is 1. The lowest BCUT2D eigenvalue weighted by atomic mass is 10.0. The van der Waals surface area contributed by atoms with Crippen LogP contribution in [-0.4, -0.2) is 30.8 Å². The Balaban J connectivity index is 1.88. The predicted octanol–water partition coefficient (Wildman–Crippen LogP) is 3.96. The van der Waals surface area contributed by atoms with Gasteiger partial charge in [-0.05, 0) is 30.5 Å². The van der Waals surface area contributed by atoms with Gasteiger partial charge in [0.2, 0.25) is 10.1 Å². The van der Waals surface area contributed by atoms with Gasteiger partial charge in [0.05, 0.1) is 6.04 Å². The first-order valence-corrected chi connectivity index (χ1v) is 8.12. The molecule has 23 heavy (non-hydrogen) atoms. The molecule has 0 aliphatic carbocycles. The summed E-state index contributed by atoms with van der Waals surface area (Å²) in [7, 11) is 3.93. The molecule has 0 N–H and O–H groups in total. The number of rotatable bonds is 3. The molecular formula is C15H17F3N4S. The van der Waals surface area contributed by atoms with Gasteiger partial charge < -0.3 is 9.80 Å². The quantitative estimate of drug-likeness (QED) is 0.845. The summed E-state index contributed by atoms with van der Waals surface area (Å²) in [5, 5.41) is 6.52. The van der Waals surface area contributed by atoms with E-state index < -0.39 is 11.2 Å². The highest BCUT2D eigenvalue weighted by Crippen LogP contribution is 2.41. The van der Waals surface area contributed by atoms with Crippen LogP contribution in [-0.2, 0) is 6.18 Å². The van der Waals surface area contributed by atoms with Crippen LogP contribution < -0.4 is 9.80 Å². The standard InChI is InChI=1S/C15H17F3N4S/c1-21(2)11-6-3-5-10(9-11)12-7-4-8-22(12)14-20-19-13(23-14)15(16,17)18/h3,5-6,9,12H,4,7-8H2,1-2H3. The summed E-state index contributed by atoms with van der Waals surface area (Å²) < 4.78 is 38.2. The smallest absolute Gasteiger partial charge is 0.378 e. The lowest BCUT2D eigenvalue weighted by Gasteiger charge is -2.25. The third kappa shape index (κ3) is 3.26. The summed E-state index contributed by atoms with van der Waals surface area (Å²) in [5.74, 6) is 0. The van der Waals surface area contributed by atoms with Gasteiger partial charge in [-0.1, -0.05) is 23.5 Å². The van der Waals surface area contributed by atoms with Gasteiger partial charge in [0.1, 0.15) is 0 Å². The molecule has 1 aliphatic heterocycles. The Hall–Kier alpha value is -1.83. The lowest BCUT2D eigenvalue weighted by molar-refractivity contribution is -0.138. The largest absolute Gasteiger partial charge is 0.445 e. The van der Waals surface area contributed by atoms with Gasteiger partial charge in [-0.15, -0.1) is 10.2 Å². The second-order valence-electron chi connectivity index (χ2n) is 5.73. The molecule has 2 heterocycles. The van der Waals surface area contributed by atoms with Crippen molar-refractivity contribution in [2.45, 2.75) is 25.1 Å². The summed E-state index contributed by atoms with van der Waals surface area (Å²) in [6, 6.07) is 8.12. The Morgan fingerprint density at radius 1 is 1.26 bits per heavy atom. The lowest BCUT2D eigenvalue weighted by Crippen LogP contribution is -2.22. The van der Waals surface area contributed by atoms with Crippen LogP contribution in [0.2, 0.25) is 0 Å². The van der Waals surface area contributed by atoms with Crippen molar-refractivity contribution in [1.29, 1.82) is 0 Å². The fourth-order valence-corrected chi connectivity index (χ4v) is 3.59. The van der Waals surface area contributed by atoms with Crippen molar-refractivity contribution in [1.82, 2.24) is 10.2 Å². The van der Waals surface area contributed by atoms with Gasteiger partial charge in [-0.3, -0.25) is 0 Å². The molecule has 1 atom stereocenters. The Labute approximate surface area is 136 Å². The summed E-state index contributed by atoms with van der Waals surface area (Å²) in [4.78, 5) is 3.94. The average Bonchev–Trinajstić information content (AvgIpc) is 3.15. The molecule has 8 heteroatoms. The number of anilines is 2. The summed E-state index contributed by atoms with van der Waals surface area (Å²) >= 11 is 0.614. The van der Waals surface area contributed by atoms with Crippen molar-refractivity contribution in [3.8, 4) is 0 Å². The second-order valence-corrected chi connectivity index (χ2v) is 6.68. The van der Waals surface area contributed by atoms with Gasteiger partial charge in [-0.2, -0.15) is 13.2 Å². The molecule has 0 spiro atoms. The van der Waals surface area contributed by atoms with E-state index in [9.17, 15) is 13.2 Å². The van der Waals surface area contributed by atoms with Crippen molar-refractivity contribution in [3.05, 3.63) is 34.8 Å². The van der Waals surface area contributed by atoms with Crippen molar-refractivity contribution in [2.24, 2.45) is 0 Å². The third-order valence-electron chi connectivity index (χ3n) is 3.93. The van der Waals surface area contributed by atoms with Crippen LogP contribution in [0, 0.1) is 0 Å². The maximum absolute atomic E-state index is 12.7. The summed E-state index contributed by atoms with van der Waals surface area (Å²) in [6.45, 7) is 0.698. The van der Waals surface area contributed by atoms with E-state index in [2.05, 4.69) is 16.3 Å². The van der Waals surface area contributed by atoms with Crippen LogP contribution in [0.1, 0.15) is 29.5 Å². The highest BCUT2D eigenvalue weighted by molar-refractivity contribution is 7.15. The van der Waals surface area contributed by atoms with Gasteiger partial charge in [0, 0.05) is 26.3 Å². The first kappa shape index (κ1) is 16.0. The Morgan fingerprint density at radius 2 is 2.04 bits per heavy atom. The van der Waals surface area contributed by atoms with Crippen LogP contribution in [0.25, 0.3) is 0 Å². The van der Waals surface area contributed by atoms with Gasteiger partial charge in [0.15, 0.2) is 0 Å². The molecule has 3 rings (SSSR count). The number of alkyl halides is 3. The number of nitrogens with zero attached hydrogens (tertiary/aromatic N) is 4. The second kappa shape index (κ2) is 5.99. The van der Waals surface area contributed by atoms with Gasteiger partial charge in [0.25, 0.3) is 0 Å². The molecule has 0 saturated carbocycles. The number of hydrogen-bond donors (Lipinski definition) is 0. The molecule has 0 bridgehead atoms. The zero-order valence-electron chi connectivity index (χ0n) is 12.8. The fraction of sp³-hybridized carbons (Fsp3) is 0.467. The van der Waals surface area contributed by atoms with Crippen LogP contribution in [0.4, 0.5) is 24.0 Å².